The zero-order chi connectivity index (χ0) is 15.4. The van der Waals surface area contributed by atoms with E-state index in [-0.39, 0.29) is 23.9 Å². The molecular formula is C13H17FN6O. The van der Waals surface area contributed by atoms with E-state index in [9.17, 15) is 4.39 Å². The van der Waals surface area contributed by atoms with Crippen molar-refractivity contribution < 1.29 is 9.13 Å². The number of hydrogen-bond acceptors (Lipinski definition) is 7. The largest absolute Gasteiger partial charge is 0.461 e. The van der Waals surface area contributed by atoms with Crippen molar-refractivity contribution in [2.45, 2.75) is 20.0 Å². The number of hydrazine groups is 1. The first-order valence-electron chi connectivity index (χ1n) is 6.38. The van der Waals surface area contributed by atoms with Crippen LogP contribution in [-0.2, 0) is 0 Å². The summed E-state index contributed by atoms with van der Waals surface area (Å²) in [4.78, 5) is 14.1. The Morgan fingerprint density at radius 3 is 2.43 bits per heavy atom. The van der Waals surface area contributed by atoms with Gasteiger partial charge in [-0.2, -0.15) is 15.0 Å². The van der Waals surface area contributed by atoms with Crippen molar-refractivity contribution in [1.82, 2.24) is 15.0 Å². The standard InChI is InChI=1S/C13H17FN6O/c1-8(2)21-13-17-11(19-15)16-12(18-13)20(3)10-6-4-9(14)5-7-10/h4-8H,15H2,1-3H3,(H,16,17,18,19). The fraction of sp³-hybridized carbons (Fsp3) is 0.308. The van der Waals surface area contributed by atoms with Gasteiger partial charge in [0.05, 0.1) is 6.10 Å². The molecule has 0 aliphatic rings. The van der Waals surface area contributed by atoms with Crippen molar-refractivity contribution in [3.63, 3.8) is 0 Å². The van der Waals surface area contributed by atoms with Crippen LogP contribution in [0.3, 0.4) is 0 Å². The molecule has 2 aromatic rings. The van der Waals surface area contributed by atoms with Gasteiger partial charge in [-0.3, -0.25) is 5.43 Å². The van der Waals surface area contributed by atoms with Gasteiger partial charge in [0.1, 0.15) is 5.82 Å². The lowest BCUT2D eigenvalue weighted by atomic mass is 10.3. The van der Waals surface area contributed by atoms with Gasteiger partial charge in [0.25, 0.3) is 0 Å². The van der Waals surface area contributed by atoms with Crippen LogP contribution < -0.4 is 20.9 Å². The molecule has 0 unspecified atom stereocenters. The van der Waals surface area contributed by atoms with Crippen molar-refractivity contribution >= 4 is 17.6 Å². The Bertz CT molecular complexity index is 604. The molecule has 0 bridgehead atoms. The Kier molecular flexibility index (Phi) is 4.49. The minimum absolute atomic E-state index is 0.0815. The van der Waals surface area contributed by atoms with Crippen molar-refractivity contribution in [1.29, 1.82) is 0 Å². The highest BCUT2D eigenvalue weighted by atomic mass is 19.1. The molecule has 3 N–H and O–H groups in total. The fourth-order valence-corrected chi connectivity index (χ4v) is 1.60. The predicted molar refractivity (Wildman–Crippen MR) is 77.9 cm³/mol. The molecule has 0 atom stereocenters. The summed E-state index contributed by atoms with van der Waals surface area (Å²) in [6, 6.07) is 6.13. The molecule has 1 aromatic heterocycles. The number of nitrogens with one attached hydrogen (secondary N) is 1. The van der Waals surface area contributed by atoms with Gasteiger partial charge < -0.3 is 9.64 Å². The van der Waals surface area contributed by atoms with Crippen LogP contribution in [0, 0.1) is 5.82 Å². The second-order valence-electron chi connectivity index (χ2n) is 4.59. The summed E-state index contributed by atoms with van der Waals surface area (Å²) in [5.41, 5.74) is 3.09. The zero-order valence-corrected chi connectivity index (χ0v) is 12.0. The van der Waals surface area contributed by atoms with E-state index in [1.165, 1.54) is 12.1 Å². The summed E-state index contributed by atoms with van der Waals surface area (Å²) in [7, 11) is 1.75. The second kappa shape index (κ2) is 6.31. The first kappa shape index (κ1) is 14.9. The molecule has 1 heterocycles. The Morgan fingerprint density at radius 1 is 1.19 bits per heavy atom. The summed E-state index contributed by atoms with van der Waals surface area (Å²) < 4.78 is 18.4. The van der Waals surface area contributed by atoms with Crippen molar-refractivity contribution in [2.24, 2.45) is 5.84 Å². The molecule has 1 aromatic carbocycles. The first-order valence-corrected chi connectivity index (χ1v) is 6.38. The van der Waals surface area contributed by atoms with Crippen LogP contribution in [0.1, 0.15) is 13.8 Å². The lowest BCUT2D eigenvalue weighted by Crippen LogP contribution is -2.19. The molecule has 7 nitrogen and oxygen atoms in total. The molecule has 112 valence electrons. The van der Waals surface area contributed by atoms with Gasteiger partial charge in [0.2, 0.25) is 11.9 Å². The maximum absolute atomic E-state index is 13.0. The summed E-state index contributed by atoms with van der Waals surface area (Å²) in [5, 5.41) is 0. The second-order valence-corrected chi connectivity index (χ2v) is 4.59. The molecule has 2 rings (SSSR count). The van der Waals surface area contributed by atoms with Gasteiger partial charge in [-0.05, 0) is 38.1 Å². The quantitative estimate of drug-likeness (QED) is 0.642. The third-order valence-corrected chi connectivity index (χ3v) is 2.59. The highest BCUT2D eigenvalue weighted by Crippen LogP contribution is 2.22. The number of nitrogen functional groups attached to an aromatic ring is 1. The zero-order valence-electron chi connectivity index (χ0n) is 12.0. The van der Waals surface area contributed by atoms with Gasteiger partial charge in [-0.1, -0.05) is 0 Å². The SMILES string of the molecule is CC(C)Oc1nc(NN)nc(N(C)c2ccc(F)cc2)n1. The van der Waals surface area contributed by atoms with E-state index < -0.39 is 0 Å². The maximum Gasteiger partial charge on any atom is 0.323 e. The smallest absolute Gasteiger partial charge is 0.323 e. The van der Waals surface area contributed by atoms with Crippen LogP contribution in [0.4, 0.5) is 22.0 Å². The van der Waals surface area contributed by atoms with Gasteiger partial charge in [0, 0.05) is 12.7 Å². The summed E-state index contributed by atoms with van der Waals surface area (Å²) >= 11 is 0. The number of benzene rings is 1. The topological polar surface area (TPSA) is 89.2 Å². The number of rotatable bonds is 5. The first-order chi connectivity index (χ1) is 9.99. The Hall–Kier alpha value is -2.48. The number of nitrogens with zero attached hydrogens (tertiary/aromatic N) is 4. The number of halogens is 1. The van der Waals surface area contributed by atoms with Crippen LogP contribution in [0.15, 0.2) is 24.3 Å². The van der Waals surface area contributed by atoms with Crippen molar-refractivity contribution in [3.05, 3.63) is 30.1 Å². The van der Waals surface area contributed by atoms with Crippen LogP contribution in [0.2, 0.25) is 0 Å². The molecule has 0 spiro atoms. The van der Waals surface area contributed by atoms with Gasteiger partial charge >= 0.3 is 6.01 Å². The lowest BCUT2D eigenvalue weighted by Gasteiger charge is -2.18. The van der Waals surface area contributed by atoms with E-state index in [2.05, 4.69) is 20.4 Å². The number of anilines is 3. The molecule has 0 saturated carbocycles. The molecule has 0 amide bonds. The predicted octanol–water partition coefficient (Wildman–Crippen LogP) is 1.85. The van der Waals surface area contributed by atoms with Crippen LogP contribution in [-0.4, -0.2) is 28.1 Å². The van der Waals surface area contributed by atoms with Crippen LogP contribution in [0.5, 0.6) is 6.01 Å². The minimum Gasteiger partial charge on any atom is -0.461 e. The number of hydrogen-bond donors (Lipinski definition) is 2. The van der Waals surface area contributed by atoms with Gasteiger partial charge in [-0.25, -0.2) is 10.2 Å². The average molecular weight is 292 g/mol. The number of ether oxygens (including phenoxy) is 1. The van der Waals surface area contributed by atoms with Gasteiger partial charge in [0.15, 0.2) is 0 Å². The van der Waals surface area contributed by atoms with E-state index in [4.69, 9.17) is 10.6 Å². The fourth-order valence-electron chi connectivity index (χ4n) is 1.60. The number of aromatic nitrogens is 3. The third kappa shape index (κ3) is 3.76. The van der Waals surface area contributed by atoms with E-state index in [1.807, 2.05) is 13.8 Å². The molecule has 0 saturated heterocycles. The van der Waals surface area contributed by atoms with Crippen molar-refractivity contribution in [2.75, 3.05) is 17.4 Å². The van der Waals surface area contributed by atoms with E-state index in [0.29, 0.717) is 5.95 Å². The highest BCUT2D eigenvalue weighted by Gasteiger charge is 2.13. The van der Waals surface area contributed by atoms with Crippen LogP contribution >= 0.6 is 0 Å². The molecule has 8 heteroatoms. The molecular weight excluding hydrogens is 275 g/mol. The third-order valence-electron chi connectivity index (χ3n) is 2.59. The van der Waals surface area contributed by atoms with Crippen LogP contribution in [0.25, 0.3) is 0 Å². The summed E-state index contributed by atoms with van der Waals surface area (Å²) in [6.45, 7) is 3.73. The lowest BCUT2D eigenvalue weighted by molar-refractivity contribution is 0.222. The van der Waals surface area contributed by atoms with E-state index >= 15 is 0 Å². The van der Waals surface area contributed by atoms with Crippen molar-refractivity contribution in [3.8, 4) is 6.01 Å². The van der Waals surface area contributed by atoms with E-state index in [0.717, 1.165) is 5.69 Å². The average Bonchev–Trinajstić information content (AvgIpc) is 2.46. The Morgan fingerprint density at radius 2 is 1.86 bits per heavy atom. The molecule has 0 aliphatic heterocycles. The summed E-state index contributed by atoms with van der Waals surface area (Å²) in [5.74, 6) is 5.56. The molecule has 21 heavy (non-hydrogen) atoms. The molecule has 0 fully saturated rings. The molecule has 0 radical (unpaired) electrons. The van der Waals surface area contributed by atoms with Gasteiger partial charge in [-0.15, -0.1) is 0 Å². The monoisotopic (exact) mass is 292 g/mol. The maximum atomic E-state index is 13.0. The minimum atomic E-state index is -0.309. The highest BCUT2D eigenvalue weighted by molar-refractivity contribution is 5.57. The number of nitrogens with two attached hydrogens (primary N) is 1. The summed E-state index contributed by atoms with van der Waals surface area (Å²) in [6.07, 6.45) is -0.0815. The Labute approximate surface area is 122 Å². The molecule has 0 aliphatic carbocycles. The normalized spacial score (nSPS) is 10.6. The Balaban J connectivity index is 2.34. The van der Waals surface area contributed by atoms with E-state index in [1.54, 1.807) is 24.1 Å².